The third-order valence-electron chi connectivity index (χ3n) is 5.76. The molecule has 0 atom stereocenters. The molecule has 0 fully saturated rings. The SMILES string of the molecule is COc1ccc(-c2cc(/C=C/c3ccc(N(C)C)cc3)[n+](C)c(-c3ccc(F)cc3)c2)cc1. The van der Waals surface area contributed by atoms with Crippen molar-refractivity contribution in [1.29, 1.82) is 0 Å². The van der Waals surface area contributed by atoms with Crippen molar-refractivity contribution < 1.29 is 13.7 Å². The molecule has 3 aromatic carbocycles. The van der Waals surface area contributed by atoms with Crippen LogP contribution >= 0.6 is 0 Å². The van der Waals surface area contributed by atoms with Crippen molar-refractivity contribution in [2.45, 2.75) is 0 Å². The number of pyridine rings is 1. The van der Waals surface area contributed by atoms with Crippen LogP contribution in [-0.2, 0) is 7.05 Å². The molecule has 4 aromatic rings. The van der Waals surface area contributed by atoms with E-state index < -0.39 is 0 Å². The smallest absolute Gasteiger partial charge is 0.213 e. The number of nitrogens with zero attached hydrogens (tertiary/aromatic N) is 2. The fourth-order valence-corrected chi connectivity index (χ4v) is 3.75. The molecule has 166 valence electrons. The number of ether oxygens (including phenoxy) is 1. The highest BCUT2D eigenvalue weighted by atomic mass is 19.1. The van der Waals surface area contributed by atoms with Crippen LogP contribution in [0.2, 0.25) is 0 Å². The Labute approximate surface area is 195 Å². The van der Waals surface area contributed by atoms with Gasteiger partial charge in [-0.1, -0.05) is 24.3 Å². The maximum absolute atomic E-state index is 13.6. The molecule has 4 heteroatoms. The van der Waals surface area contributed by atoms with Gasteiger partial charge in [0.2, 0.25) is 11.4 Å². The Kier molecular flexibility index (Phi) is 6.55. The van der Waals surface area contributed by atoms with Gasteiger partial charge in [0.25, 0.3) is 0 Å². The lowest BCUT2D eigenvalue weighted by molar-refractivity contribution is -0.662. The van der Waals surface area contributed by atoms with Crippen LogP contribution in [0.15, 0.2) is 84.9 Å². The van der Waals surface area contributed by atoms with Crippen LogP contribution in [0.3, 0.4) is 0 Å². The molecule has 0 aliphatic carbocycles. The van der Waals surface area contributed by atoms with Crippen LogP contribution in [0.25, 0.3) is 34.5 Å². The summed E-state index contributed by atoms with van der Waals surface area (Å²) in [4.78, 5) is 2.08. The second-order valence-corrected chi connectivity index (χ2v) is 8.17. The van der Waals surface area contributed by atoms with Gasteiger partial charge in [0.05, 0.1) is 7.11 Å². The van der Waals surface area contributed by atoms with Crippen molar-refractivity contribution in [3.8, 4) is 28.1 Å². The van der Waals surface area contributed by atoms with Crippen molar-refractivity contribution in [2.75, 3.05) is 26.1 Å². The van der Waals surface area contributed by atoms with Crippen LogP contribution in [0, 0.1) is 5.82 Å². The predicted molar refractivity (Wildman–Crippen MR) is 135 cm³/mol. The standard InChI is InChI=1S/C29H28FN2O/c1-31(2)26-14-5-21(6-15-26)7-16-27-19-24(22-10-17-28(33-4)18-11-22)20-29(32(27)3)23-8-12-25(30)13-9-23/h5-20H,1-4H3/q+1. The number of halogens is 1. The number of hydrogen-bond donors (Lipinski definition) is 0. The van der Waals surface area contributed by atoms with Gasteiger partial charge in [-0.2, -0.15) is 4.57 Å². The van der Waals surface area contributed by atoms with E-state index in [9.17, 15) is 4.39 Å². The summed E-state index contributed by atoms with van der Waals surface area (Å²) in [6.45, 7) is 0. The fourth-order valence-electron chi connectivity index (χ4n) is 3.75. The largest absolute Gasteiger partial charge is 0.497 e. The average molecular weight is 440 g/mol. The van der Waals surface area contributed by atoms with Gasteiger partial charge < -0.3 is 9.64 Å². The maximum atomic E-state index is 13.6. The van der Waals surface area contributed by atoms with Crippen LogP contribution in [0.4, 0.5) is 10.1 Å². The van der Waals surface area contributed by atoms with E-state index in [1.807, 2.05) is 45.4 Å². The lowest BCUT2D eigenvalue weighted by atomic mass is 10.0. The predicted octanol–water partition coefficient (Wildman–Crippen LogP) is 6.23. The number of benzene rings is 3. The molecule has 0 radical (unpaired) electrons. The summed E-state index contributed by atoms with van der Waals surface area (Å²) in [6.07, 6.45) is 4.23. The van der Waals surface area contributed by atoms with E-state index in [0.717, 1.165) is 45.1 Å². The lowest BCUT2D eigenvalue weighted by Gasteiger charge is -2.11. The van der Waals surface area contributed by atoms with Crippen molar-refractivity contribution in [3.05, 3.63) is 102 Å². The third-order valence-corrected chi connectivity index (χ3v) is 5.76. The molecule has 4 rings (SSSR count). The molecule has 33 heavy (non-hydrogen) atoms. The highest BCUT2D eigenvalue weighted by molar-refractivity contribution is 5.74. The molecule has 0 aliphatic heterocycles. The summed E-state index contributed by atoms with van der Waals surface area (Å²) in [6, 6.07) is 27.4. The normalized spacial score (nSPS) is 11.1. The van der Waals surface area contributed by atoms with Crippen LogP contribution in [0.5, 0.6) is 5.75 Å². The Balaban J connectivity index is 1.78. The molecule has 0 spiro atoms. The molecule has 0 N–H and O–H groups in total. The van der Waals surface area contributed by atoms with Gasteiger partial charge in [-0.25, -0.2) is 4.39 Å². The topological polar surface area (TPSA) is 16.4 Å². The number of methoxy groups -OCH3 is 1. The maximum Gasteiger partial charge on any atom is 0.213 e. The fraction of sp³-hybridized carbons (Fsp3) is 0.138. The molecule has 0 saturated heterocycles. The second-order valence-electron chi connectivity index (χ2n) is 8.17. The number of hydrogen-bond acceptors (Lipinski definition) is 2. The minimum absolute atomic E-state index is 0.242. The van der Waals surface area contributed by atoms with Crippen molar-refractivity contribution in [3.63, 3.8) is 0 Å². The number of aromatic nitrogens is 1. The summed E-state index contributed by atoms with van der Waals surface area (Å²) < 4.78 is 21.0. The zero-order valence-electron chi connectivity index (χ0n) is 19.4. The lowest BCUT2D eigenvalue weighted by Crippen LogP contribution is -2.34. The minimum Gasteiger partial charge on any atom is -0.497 e. The Hall–Kier alpha value is -3.92. The summed E-state index contributed by atoms with van der Waals surface area (Å²) in [5.41, 5.74) is 7.46. The molecule has 0 bridgehead atoms. The first-order chi connectivity index (χ1) is 15.9. The Morgan fingerprint density at radius 3 is 2.00 bits per heavy atom. The van der Waals surface area contributed by atoms with Gasteiger partial charge in [0.1, 0.15) is 18.6 Å². The van der Waals surface area contributed by atoms with Gasteiger partial charge in [-0.05, 0) is 71.3 Å². The molecule has 0 unspecified atom stereocenters. The second kappa shape index (κ2) is 9.70. The number of rotatable bonds is 6. The van der Waals surface area contributed by atoms with Crippen molar-refractivity contribution in [2.24, 2.45) is 7.05 Å². The summed E-state index contributed by atoms with van der Waals surface area (Å²) in [7, 11) is 7.77. The summed E-state index contributed by atoms with van der Waals surface area (Å²) in [5, 5.41) is 0. The molecular weight excluding hydrogens is 411 g/mol. The minimum atomic E-state index is -0.242. The molecule has 0 saturated carbocycles. The van der Waals surface area contributed by atoms with Gasteiger partial charge in [-0.3, -0.25) is 0 Å². The Morgan fingerprint density at radius 1 is 0.758 bits per heavy atom. The zero-order valence-corrected chi connectivity index (χ0v) is 19.4. The van der Waals surface area contributed by atoms with E-state index in [1.165, 1.54) is 12.1 Å². The molecular formula is C29H28FN2O+. The number of anilines is 1. The van der Waals surface area contributed by atoms with Crippen molar-refractivity contribution in [1.82, 2.24) is 0 Å². The molecule has 0 amide bonds. The average Bonchev–Trinajstić information content (AvgIpc) is 2.84. The molecule has 3 nitrogen and oxygen atoms in total. The quantitative estimate of drug-likeness (QED) is 0.331. The first-order valence-electron chi connectivity index (χ1n) is 10.8. The van der Waals surface area contributed by atoms with Gasteiger partial charge in [-0.15, -0.1) is 0 Å². The zero-order chi connectivity index (χ0) is 23.4. The third kappa shape index (κ3) is 5.12. The molecule has 0 aliphatic rings. The van der Waals surface area contributed by atoms with E-state index in [2.05, 4.69) is 70.1 Å². The molecule has 1 aromatic heterocycles. The van der Waals surface area contributed by atoms with E-state index in [4.69, 9.17) is 4.74 Å². The summed E-state index contributed by atoms with van der Waals surface area (Å²) in [5.74, 6) is 0.578. The van der Waals surface area contributed by atoms with E-state index in [1.54, 1.807) is 7.11 Å². The molecule has 1 heterocycles. The van der Waals surface area contributed by atoms with Crippen LogP contribution < -0.4 is 14.2 Å². The van der Waals surface area contributed by atoms with E-state index in [0.29, 0.717) is 0 Å². The van der Waals surface area contributed by atoms with Crippen LogP contribution in [0.1, 0.15) is 11.3 Å². The van der Waals surface area contributed by atoms with Gasteiger partial charge >= 0.3 is 0 Å². The highest BCUT2D eigenvalue weighted by Gasteiger charge is 2.17. The Morgan fingerprint density at radius 2 is 1.39 bits per heavy atom. The first-order valence-corrected chi connectivity index (χ1v) is 10.8. The summed E-state index contributed by atoms with van der Waals surface area (Å²) >= 11 is 0. The van der Waals surface area contributed by atoms with E-state index >= 15 is 0 Å². The van der Waals surface area contributed by atoms with Gasteiger partial charge in [0, 0.05) is 43.6 Å². The first kappa shape index (κ1) is 22.3. The van der Waals surface area contributed by atoms with Crippen molar-refractivity contribution >= 4 is 17.8 Å². The van der Waals surface area contributed by atoms with Gasteiger partial charge in [0.15, 0.2) is 0 Å². The Bertz CT molecular complexity index is 1260. The van der Waals surface area contributed by atoms with Crippen LogP contribution in [-0.4, -0.2) is 21.2 Å². The van der Waals surface area contributed by atoms with E-state index in [-0.39, 0.29) is 5.82 Å². The monoisotopic (exact) mass is 439 g/mol. The highest BCUT2D eigenvalue weighted by Crippen LogP contribution is 2.27.